The molecule has 2 aliphatic rings. The van der Waals surface area contributed by atoms with Gasteiger partial charge in [0.15, 0.2) is 12.6 Å². The van der Waals surface area contributed by atoms with Crippen LogP contribution in [0.4, 0.5) is 0 Å². The third kappa shape index (κ3) is 36.4. The Morgan fingerprint density at radius 3 is 1.08 bits per heavy atom. The zero-order valence-corrected chi connectivity index (χ0v) is 50.9. The third-order valence-electron chi connectivity index (χ3n) is 17.1. The Hall–Kier alpha value is -1.01. The lowest BCUT2D eigenvalue weighted by molar-refractivity contribution is -0.359. The summed E-state index contributed by atoms with van der Waals surface area (Å²) >= 11 is 0. The minimum absolute atomic E-state index is 0.198. The summed E-state index contributed by atoms with van der Waals surface area (Å²) in [6.07, 6.45) is 42.5. The lowest BCUT2D eigenvalue weighted by Crippen LogP contribution is -2.65. The van der Waals surface area contributed by atoms with Gasteiger partial charge in [-0.1, -0.05) is 296 Å². The van der Waals surface area contributed by atoms with Crippen molar-refractivity contribution in [3.63, 3.8) is 0 Å². The molecule has 79 heavy (non-hydrogen) atoms. The summed E-state index contributed by atoms with van der Waals surface area (Å²) in [5.74, 6) is -0.198. The average molecular weight is 1130 g/mol. The molecular formula is C65H127NO13. The first-order valence-corrected chi connectivity index (χ1v) is 33.8. The fourth-order valence-electron chi connectivity index (χ4n) is 11.7. The second-order valence-electron chi connectivity index (χ2n) is 24.3. The number of ether oxygens (including phenoxy) is 4. The summed E-state index contributed by atoms with van der Waals surface area (Å²) < 4.78 is 22.9. The minimum atomic E-state index is -1.78. The summed E-state index contributed by atoms with van der Waals surface area (Å²) in [6.45, 7) is 2.92. The first-order valence-electron chi connectivity index (χ1n) is 33.8. The fraction of sp³-hybridized carbons (Fsp3) is 0.985. The van der Waals surface area contributed by atoms with Gasteiger partial charge in [-0.05, 0) is 12.8 Å². The van der Waals surface area contributed by atoms with Gasteiger partial charge < -0.3 is 65.1 Å². The highest BCUT2D eigenvalue weighted by Crippen LogP contribution is 2.30. The molecule has 12 atom stereocenters. The molecule has 2 saturated heterocycles. The number of carbonyl (C=O) groups excluding carboxylic acids is 1. The van der Waals surface area contributed by atoms with Crippen LogP contribution in [-0.2, 0) is 23.7 Å². The predicted molar refractivity (Wildman–Crippen MR) is 319 cm³/mol. The molecule has 14 nitrogen and oxygen atoms in total. The SMILES string of the molecule is CCCCCCCCCCCCCCCCCCCCCCCCCC(O)C(COC1OC(CO)C(OC2OC(CO)C(O)C(O)C2O)C(O)C1O)NC(=O)CCCCCCCCCCCCCCCCCCCCCCCC. The highest BCUT2D eigenvalue weighted by atomic mass is 16.7. The van der Waals surface area contributed by atoms with Gasteiger partial charge in [0.1, 0.15) is 48.8 Å². The maximum Gasteiger partial charge on any atom is 0.220 e. The van der Waals surface area contributed by atoms with E-state index >= 15 is 0 Å². The highest BCUT2D eigenvalue weighted by molar-refractivity contribution is 5.76. The first-order chi connectivity index (χ1) is 38.6. The van der Waals surface area contributed by atoms with Crippen LogP contribution in [0.2, 0.25) is 0 Å². The molecule has 9 N–H and O–H groups in total. The predicted octanol–water partition coefficient (Wildman–Crippen LogP) is 12.8. The molecule has 2 aliphatic heterocycles. The topological polar surface area (TPSA) is 228 Å². The van der Waals surface area contributed by atoms with Gasteiger partial charge in [-0.15, -0.1) is 0 Å². The molecule has 0 aromatic heterocycles. The number of nitrogens with one attached hydrogen (secondary N) is 1. The second-order valence-corrected chi connectivity index (χ2v) is 24.3. The zero-order chi connectivity index (χ0) is 57.4. The van der Waals surface area contributed by atoms with Crippen molar-refractivity contribution >= 4 is 5.91 Å². The standard InChI is InChI=1S/C65H127NO13/c1-3-5-7-9-11-13-15-17-19-21-23-25-27-28-30-32-34-36-38-40-42-44-46-48-54(69)53(52-76-64-62(75)60(73)63(56(51-68)78-64)79-65-61(74)59(72)58(71)55(50-67)77-65)66-57(70)49-47-45-43-41-39-37-35-33-31-29-26-24-22-20-18-16-14-12-10-8-6-4-2/h53-56,58-65,67-69,71-75H,3-52H2,1-2H3,(H,66,70). The van der Waals surface area contributed by atoms with Crippen molar-refractivity contribution in [2.24, 2.45) is 0 Å². The molecule has 14 heteroatoms. The number of unbranched alkanes of at least 4 members (excludes halogenated alkanes) is 43. The van der Waals surface area contributed by atoms with Crippen LogP contribution in [-0.4, -0.2) is 140 Å². The summed E-state index contributed by atoms with van der Waals surface area (Å²) in [6, 6.07) is -0.824. The smallest absolute Gasteiger partial charge is 0.220 e. The maximum atomic E-state index is 13.3. The van der Waals surface area contributed by atoms with E-state index in [4.69, 9.17) is 18.9 Å². The third-order valence-corrected chi connectivity index (χ3v) is 17.1. The van der Waals surface area contributed by atoms with Gasteiger partial charge in [0.25, 0.3) is 0 Å². The molecule has 12 unspecified atom stereocenters. The van der Waals surface area contributed by atoms with E-state index in [1.54, 1.807) is 0 Å². The van der Waals surface area contributed by atoms with Crippen molar-refractivity contribution in [3.8, 4) is 0 Å². The molecule has 0 bridgehead atoms. The van der Waals surface area contributed by atoms with Crippen LogP contribution in [0, 0.1) is 0 Å². The van der Waals surface area contributed by atoms with E-state index in [0.717, 1.165) is 51.4 Å². The van der Waals surface area contributed by atoms with Crippen molar-refractivity contribution in [1.82, 2.24) is 5.32 Å². The van der Waals surface area contributed by atoms with E-state index in [1.165, 1.54) is 238 Å². The average Bonchev–Trinajstić information content (AvgIpc) is 3.48. The number of rotatable bonds is 56. The van der Waals surface area contributed by atoms with Gasteiger partial charge in [-0.2, -0.15) is 0 Å². The number of carbonyl (C=O) groups is 1. The fourth-order valence-corrected chi connectivity index (χ4v) is 11.7. The van der Waals surface area contributed by atoms with Crippen molar-refractivity contribution in [2.45, 2.75) is 389 Å². The molecule has 2 heterocycles. The number of hydrogen-bond acceptors (Lipinski definition) is 13. The Kier molecular flexibility index (Phi) is 48.2. The maximum absolute atomic E-state index is 13.3. The lowest BCUT2D eigenvalue weighted by atomic mass is 9.97. The first kappa shape index (κ1) is 74.1. The van der Waals surface area contributed by atoms with E-state index in [-0.39, 0.29) is 12.5 Å². The van der Waals surface area contributed by atoms with Gasteiger partial charge in [0, 0.05) is 6.42 Å². The van der Waals surface area contributed by atoms with Gasteiger partial charge in [-0.25, -0.2) is 0 Å². The van der Waals surface area contributed by atoms with Gasteiger partial charge >= 0.3 is 0 Å². The van der Waals surface area contributed by atoms with E-state index in [0.29, 0.717) is 12.8 Å². The quantitative estimate of drug-likeness (QED) is 0.0259. The number of hydrogen-bond donors (Lipinski definition) is 9. The van der Waals surface area contributed by atoms with E-state index < -0.39 is 86.8 Å². The molecule has 0 aliphatic carbocycles. The minimum Gasteiger partial charge on any atom is -0.394 e. The summed E-state index contributed by atoms with van der Waals surface area (Å²) in [4.78, 5) is 13.3. The van der Waals surface area contributed by atoms with E-state index in [1.807, 2.05) is 0 Å². The molecule has 0 saturated carbocycles. The largest absolute Gasteiger partial charge is 0.394 e. The molecule has 2 rings (SSSR count). The number of aliphatic hydroxyl groups is 8. The Morgan fingerprint density at radius 1 is 0.405 bits per heavy atom. The number of aliphatic hydroxyl groups excluding tert-OH is 8. The Morgan fingerprint density at radius 2 is 0.722 bits per heavy atom. The molecule has 0 aromatic carbocycles. The van der Waals surface area contributed by atoms with Crippen LogP contribution in [0.25, 0.3) is 0 Å². The zero-order valence-electron chi connectivity index (χ0n) is 50.9. The van der Waals surface area contributed by atoms with Crippen molar-refractivity contribution in [2.75, 3.05) is 19.8 Å². The van der Waals surface area contributed by atoms with Crippen LogP contribution in [0.15, 0.2) is 0 Å². The van der Waals surface area contributed by atoms with Gasteiger partial charge in [0.05, 0.1) is 32.0 Å². The van der Waals surface area contributed by atoms with Crippen molar-refractivity contribution in [3.05, 3.63) is 0 Å². The van der Waals surface area contributed by atoms with Gasteiger partial charge in [0.2, 0.25) is 5.91 Å². The second kappa shape index (κ2) is 51.4. The van der Waals surface area contributed by atoms with Crippen LogP contribution < -0.4 is 5.32 Å². The molecule has 0 spiro atoms. The van der Waals surface area contributed by atoms with Gasteiger partial charge in [-0.3, -0.25) is 4.79 Å². The van der Waals surface area contributed by atoms with Crippen LogP contribution in [0.3, 0.4) is 0 Å². The monoisotopic (exact) mass is 1130 g/mol. The van der Waals surface area contributed by atoms with E-state index in [9.17, 15) is 45.6 Å². The number of amides is 1. The van der Waals surface area contributed by atoms with Crippen LogP contribution >= 0.6 is 0 Å². The van der Waals surface area contributed by atoms with E-state index in [2.05, 4.69) is 19.2 Å². The van der Waals surface area contributed by atoms with Crippen molar-refractivity contribution in [1.29, 1.82) is 0 Å². The molecular weight excluding hydrogens is 1000 g/mol. The van der Waals surface area contributed by atoms with Crippen LogP contribution in [0.1, 0.15) is 316 Å². The summed E-state index contributed by atoms with van der Waals surface area (Å²) in [5.41, 5.74) is 0. The molecule has 470 valence electrons. The lowest BCUT2D eigenvalue weighted by Gasteiger charge is -2.46. The Bertz CT molecular complexity index is 1330. The summed E-state index contributed by atoms with van der Waals surface area (Å²) in [7, 11) is 0. The normalized spacial score (nSPS) is 24.3. The van der Waals surface area contributed by atoms with Crippen LogP contribution in [0.5, 0.6) is 0 Å². The molecule has 0 aromatic rings. The Balaban J connectivity index is 1.69. The molecule has 2 fully saturated rings. The van der Waals surface area contributed by atoms with Crippen molar-refractivity contribution < 1.29 is 64.6 Å². The highest BCUT2D eigenvalue weighted by Gasteiger charge is 2.51. The molecule has 0 radical (unpaired) electrons. The Labute approximate surface area is 483 Å². The summed E-state index contributed by atoms with van der Waals surface area (Å²) in [5, 5.41) is 87.5. The molecule has 1 amide bonds.